The molecular formula is C22H22. The normalized spacial score (nSPS) is 11.1. The molecule has 0 aliphatic heterocycles. The molecule has 0 bridgehead atoms. The van der Waals surface area contributed by atoms with Crippen LogP contribution in [0.5, 0.6) is 0 Å². The minimum absolute atomic E-state index is 1.01. The Hall–Kier alpha value is -2.34. The van der Waals surface area contributed by atoms with E-state index in [1.807, 2.05) is 6.92 Å². The van der Waals surface area contributed by atoms with E-state index in [-0.39, 0.29) is 0 Å². The van der Waals surface area contributed by atoms with Crippen molar-refractivity contribution in [3.05, 3.63) is 77.6 Å². The van der Waals surface area contributed by atoms with Crippen molar-refractivity contribution in [2.75, 3.05) is 0 Å². The van der Waals surface area contributed by atoms with E-state index in [1.165, 1.54) is 27.1 Å². The fourth-order valence-electron chi connectivity index (χ4n) is 3.15. The van der Waals surface area contributed by atoms with Gasteiger partial charge in [0.25, 0.3) is 0 Å². The van der Waals surface area contributed by atoms with E-state index in [4.69, 9.17) is 0 Å². The molecule has 0 saturated heterocycles. The first kappa shape index (κ1) is 14.6. The molecule has 0 radical (unpaired) electrons. The molecule has 3 aromatic carbocycles. The largest absolute Gasteiger partial charge is 0.0959 e. The topological polar surface area (TPSA) is 0 Å². The minimum Gasteiger partial charge on any atom is -0.0959 e. The van der Waals surface area contributed by atoms with Crippen molar-refractivity contribution in [1.29, 1.82) is 0 Å². The molecule has 110 valence electrons. The molecule has 0 heterocycles. The van der Waals surface area contributed by atoms with Gasteiger partial charge in [-0.15, -0.1) is 0 Å². The number of rotatable bonds is 5. The van der Waals surface area contributed by atoms with E-state index in [0.29, 0.717) is 0 Å². The van der Waals surface area contributed by atoms with Gasteiger partial charge in [-0.1, -0.05) is 73.3 Å². The maximum atomic E-state index is 4.25. The van der Waals surface area contributed by atoms with Crippen LogP contribution in [0, 0.1) is 0 Å². The van der Waals surface area contributed by atoms with Gasteiger partial charge in [0.05, 0.1) is 0 Å². The Kier molecular flexibility index (Phi) is 3.85. The fourth-order valence-corrected chi connectivity index (χ4v) is 3.15. The number of benzene rings is 3. The number of hydrogen-bond donors (Lipinski definition) is 0. The van der Waals surface area contributed by atoms with Crippen molar-refractivity contribution in [1.82, 2.24) is 0 Å². The second kappa shape index (κ2) is 5.81. The van der Waals surface area contributed by atoms with Crippen LogP contribution < -0.4 is 5.22 Å². The molecule has 22 heavy (non-hydrogen) atoms. The minimum atomic E-state index is 1.01. The zero-order valence-electron chi connectivity index (χ0n) is 13.3. The van der Waals surface area contributed by atoms with Crippen molar-refractivity contribution in [2.24, 2.45) is 0 Å². The van der Waals surface area contributed by atoms with Gasteiger partial charge >= 0.3 is 0 Å². The molecular weight excluding hydrogens is 264 g/mol. The molecule has 0 unspecified atom stereocenters. The van der Waals surface area contributed by atoms with Crippen LogP contribution >= 0.6 is 0 Å². The summed E-state index contributed by atoms with van der Waals surface area (Å²) < 4.78 is 0. The SMILES string of the molecule is C=C(C)C(=C)CCCc1cc(=C)c2cccc3cccc1c32. The number of hydrogen-bond acceptors (Lipinski definition) is 0. The summed E-state index contributed by atoms with van der Waals surface area (Å²) in [5, 5.41) is 6.40. The highest BCUT2D eigenvalue weighted by Crippen LogP contribution is 2.28. The monoisotopic (exact) mass is 286 g/mol. The Morgan fingerprint density at radius 3 is 2.36 bits per heavy atom. The molecule has 0 aliphatic rings. The van der Waals surface area contributed by atoms with Crippen molar-refractivity contribution < 1.29 is 0 Å². The van der Waals surface area contributed by atoms with Gasteiger partial charge in [-0.25, -0.2) is 0 Å². The maximum absolute atomic E-state index is 4.25. The third kappa shape index (κ3) is 2.57. The Bertz CT molecular complexity index is 907. The van der Waals surface area contributed by atoms with Gasteiger partial charge in [-0.3, -0.25) is 0 Å². The summed E-state index contributed by atoms with van der Waals surface area (Å²) in [5.74, 6) is 0. The smallest absolute Gasteiger partial charge is 0.00303 e. The lowest BCUT2D eigenvalue weighted by atomic mass is 9.92. The summed E-state index contributed by atoms with van der Waals surface area (Å²) in [4.78, 5) is 0. The summed E-state index contributed by atoms with van der Waals surface area (Å²) in [5.41, 5.74) is 3.65. The number of allylic oxidation sites excluding steroid dienone is 2. The van der Waals surface area contributed by atoms with Crippen LogP contribution in [0.1, 0.15) is 25.3 Å². The third-order valence-corrected chi connectivity index (χ3v) is 4.47. The quantitative estimate of drug-likeness (QED) is 0.537. The molecule has 0 nitrogen and oxygen atoms in total. The second-order valence-electron chi connectivity index (χ2n) is 6.14. The summed E-state index contributed by atoms with van der Waals surface area (Å²) in [6, 6.07) is 15.3. The molecule has 0 saturated carbocycles. The van der Waals surface area contributed by atoms with E-state index < -0.39 is 0 Å². The van der Waals surface area contributed by atoms with E-state index in [2.05, 4.69) is 62.2 Å². The first-order valence-electron chi connectivity index (χ1n) is 7.83. The van der Waals surface area contributed by atoms with Crippen molar-refractivity contribution in [3.63, 3.8) is 0 Å². The van der Waals surface area contributed by atoms with Gasteiger partial charge in [0, 0.05) is 0 Å². The highest BCUT2D eigenvalue weighted by molar-refractivity contribution is 6.11. The standard InChI is InChI=1S/C22H22/c1-15(2)16(3)8-5-11-19-14-17(4)20-12-6-9-18-10-7-13-21(19)22(18)20/h6-7,9-10,12-14H,1,3-5,8,11H2,2H3. The molecule has 0 fully saturated rings. The average Bonchev–Trinajstić information content (AvgIpc) is 2.51. The van der Waals surface area contributed by atoms with Gasteiger partial charge in [0.15, 0.2) is 0 Å². The highest BCUT2D eigenvalue weighted by atomic mass is 14.1. The van der Waals surface area contributed by atoms with Crippen LogP contribution in [-0.2, 0) is 6.42 Å². The molecule has 0 atom stereocenters. The molecule has 0 aromatic heterocycles. The Balaban J connectivity index is 2.00. The first-order chi connectivity index (χ1) is 10.6. The van der Waals surface area contributed by atoms with Gasteiger partial charge in [0.2, 0.25) is 0 Å². The van der Waals surface area contributed by atoms with Gasteiger partial charge in [0.1, 0.15) is 0 Å². The van der Waals surface area contributed by atoms with Crippen molar-refractivity contribution >= 4 is 28.1 Å². The van der Waals surface area contributed by atoms with E-state index >= 15 is 0 Å². The summed E-state index contributed by atoms with van der Waals surface area (Å²) in [7, 11) is 0. The molecule has 0 aliphatic carbocycles. The second-order valence-corrected chi connectivity index (χ2v) is 6.14. The first-order valence-corrected chi connectivity index (χ1v) is 7.83. The maximum Gasteiger partial charge on any atom is -0.00303 e. The van der Waals surface area contributed by atoms with Gasteiger partial charge in [-0.05, 0) is 58.5 Å². The lowest BCUT2D eigenvalue weighted by Gasteiger charge is -2.12. The van der Waals surface area contributed by atoms with Crippen LogP contribution in [0.25, 0.3) is 28.1 Å². The number of aryl methyl sites for hydroxylation is 1. The predicted octanol–water partition coefficient (Wildman–Crippen LogP) is 5.58. The van der Waals surface area contributed by atoms with Crippen molar-refractivity contribution in [2.45, 2.75) is 26.2 Å². The van der Waals surface area contributed by atoms with Crippen molar-refractivity contribution in [3.8, 4) is 0 Å². The lowest BCUT2D eigenvalue weighted by Crippen LogP contribution is -2.03. The summed E-state index contributed by atoms with van der Waals surface area (Å²) in [6.45, 7) is 14.3. The van der Waals surface area contributed by atoms with Gasteiger partial charge in [-0.2, -0.15) is 0 Å². The Morgan fingerprint density at radius 1 is 1.00 bits per heavy atom. The van der Waals surface area contributed by atoms with Crippen LogP contribution in [0.15, 0.2) is 66.8 Å². The Morgan fingerprint density at radius 2 is 1.68 bits per heavy atom. The van der Waals surface area contributed by atoms with E-state index in [0.717, 1.165) is 35.6 Å². The van der Waals surface area contributed by atoms with Crippen LogP contribution in [0.2, 0.25) is 0 Å². The summed E-state index contributed by atoms with van der Waals surface area (Å²) >= 11 is 0. The molecule has 3 aromatic rings. The molecule has 0 spiro atoms. The fraction of sp³-hybridized carbons (Fsp3) is 0.182. The molecule has 0 amide bonds. The molecule has 0 heteroatoms. The third-order valence-electron chi connectivity index (χ3n) is 4.47. The zero-order chi connectivity index (χ0) is 15.7. The average molecular weight is 286 g/mol. The highest BCUT2D eigenvalue weighted by Gasteiger charge is 2.07. The summed E-state index contributed by atoms with van der Waals surface area (Å²) in [6.07, 6.45) is 3.17. The zero-order valence-corrected chi connectivity index (χ0v) is 13.3. The predicted molar refractivity (Wildman–Crippen MR) is 99.1 cm³/mol. The van der Waals surface area contributed by atoms with Crippen LogP contribution in [-0.4, -0.2) is 0 Å². The van der Waals surface area contributed by atoms with E-state index in [9.17, 15) is 0 Å². The molecule has 0 N–H and O–H groups in total. The van der Waals surface area contributed by atoms with Gasteiger partial charge < -0.3 is 0 Å². The lowest BCUT2D eigenvalue weighted by molar-refractivity contribution is 0.823. The van der Waals surface area contributed by atoms with Crippen LogP contribution in [0.3, 0.4) is 0 Å². The Labute approximate surface area is 132 Å². The van der Waals surface area contributed by atoms with E-state index in [1.54, 1.807) is 0 Å². The molecule has 3 rings (SSSR count). The van der Waals surface area contributed by atoms with Crippen LogP contribution in [0.4, 0.5) is 0 Å².